The third kappa shape index (κ3) is 3.54. The quantitative estimate of drug-likeness (QED) is 0.489. The molecular formula is C25H22N4O4S. The first-order valence-electron chi connectivity index (χ1n) is 10.8. The number of aryl methyl sites for hydroxylation is 1. The molecule has 34 heavy (non-hydrogen) atoms. The predicted molar refractivity (Wildman–Crippen MR) is 130 cm³/mol. The zero-order valence-corrected chi connectivity index (χ0v) is 19.4. The van der Waals surface area contributed by atoms with E-state index in [4.69, 9.17) is 0 Å². The molecule has 5 rings (SSSR count). The van der Waals surface area contributed by atoms with Crippen molar-refractivity contribution in [3.63, 3.8) is 0 Å². The molecular weight excluding hydrogens is 452 g/mol. The van der Waals surface area contributed by atoms with E-state index in [1.165, 1.54) is 28.6 Å². The lowest BCUT2D eigenvalue weighted by Crippen LogP contribution is -2.36. The molecule has 0 bridgehead atoms. The molecule has 0 saturated heterocycles. The van der Waals surface area contributed by atoms with E-state index in [0.29, 0.717) is 28.8 Å². The van der Waals surface area contributed by atoms with Crippen molar-refractivity contribution < 1.29 is 13.2 Å². The van der Waals surface area contributed by atoms with Gasteiger partial charge in [-0.1, -0.05) is 36.4 Å². The van der Waals surface area contributed by atoms with Gasteiger partial charge in [0.25, 0.3) is 21.5 Å². The van der Waals surface area contributed by atoms with Gasteiger partial charge in [0.15, 0.2) is 0 Å². The number of aromatic nitrogens is 2. The maximum absolute atomic E-state index is 13.5. The molecule has 9 heteroatoms. The van der Waals surface area contributed by atoms with Gasteiger partial charge in [0.1, 0.15) is 5.82 Å². The van der Waals surface area contributed by atoms with Crippen molar-refractivity contribution >= 4 is 32.5 Å². The van der Waals surface area contributed by atoms with E-state index in [2.05, 4.69) is 10.4 Å². The number of carbonyl (C=O) groups is 1. The Morgan fingerprint density at radius 1 is 1.03 bits per heavy atom. The van der Waals surface area contributed by atoms with Crippen molar-refractivity contribution in [1.29, 1.82) is 0 Å². The molecule has 1 aliphatic heterocycles. The average molecular weight is 475 g/mol. The largest absolute Gasteiger partial charge is 0.280 e. The highest BCUT2D eigenvalue weighted by atomic mass is 32.2. The highest BCUT2D eigenvalue weighted by Crippen LogP contribution is 2.36. The molecule has 0 fully saturated rings. The summed E-state index contributed by atoms with van der Waals surface area (Å²) in [5, 5.41) is 0.367. The molecule has 8 nitrogen and oxygen atoms in total. The minimum absolute atomic E-state index is 0.00408. The van der Waals surface area contributed by atoms with Crippen molar-refractivity contribution in [2.24, 2.45) is 0 Å². The van der Waals surface area contributed by atoms with Crippen LogP contribution < -0.4 is 15.3 Å². The molecule has 0 aliphatic carbocycles. The van der Waals surface area contributed by atoms with Crippen LogP contribution in [0.3, 0.4) is 0 Å². The Labute approximate surface area is 196 Å². The fourth-order valence-corrected chi connectivity index (χ4v) is 6.10. The predicted octanol–water partition coefficient (Wildman–Crippen LogP) is 3.23. The Balaban J connectivity index is 1.49. The number of amides is 1. The van der Waals surface area contributed by atoms with Crippen LogP contribution in [0.4, 0.5) is 5.69 Å². The number of fused-ring (bicyclic) bond motifs is 2. The van der Waals surface area contributed by atoms with Crippen molar-refractivity contribution in [3.8, 4) is 0 Å². The first-order chi connectivity index (χ1) is 16.3. The van der Waals surface area contributed by atoms with E-state index in [1.54, 1.807) is 43.3 Å². The van der Waals surface area contributed by atoms with Crippen LogP contribution in [0, 0.1) is 6.92 Å². The fourth-order valence-electron chi connectivity index (χ4n) is 4.36. The number of rotatable bonds is 4. The summed E-state index contributed by atoms with van der Waals surface area (Å²) in [5.74, 6) is -0.308. The Hall–Kier alpha value is -3.98. The second kappa shape index (κ2) is 8.11. The standard InChI is InChI=1S/C25H22N4O4S/c1-16-14-18-8-3-6-13-23(18)29(16)34(32,33)20-10-7-9-19(15-20)24(30)27-28-17(2)26-22-12-5-4-11-21(22)25(28)31/h3-13,15-16H,14H2,1-2H3,(H,27,30)/t16-/m1/s1. The maximum atomic E-state index is 13.5. The second-order valence-corrected chi connectivity index (χ2v) is 10.1. The van der Waals surface area contributed by atoms with Gasteiger partial charge in [0, 0.05) is 11.6 Å². The monoisotopic (exact) mass is 474 g/mol. The van der Waals surface area contributed by atoms with E-state index in [9.17, 15) is 18.0 Å². The molecule has 1 aliphatic rings. The highest BCUT2D eigenvalue weighted by molar-refractivity contribution is 7.92. The van der Waals surface area contributed by atoms with Crippen LogP contribution in [0.2, 0.25) is 0 Å². The number of para-hydroxylation sites is 2. The smallest absolute Gasteiger partial charge is 0.267 e. The number of anilines is 1. The highest BCUT2D eigenvalue weighted by Gasteiger charge is 2.36. The minimum Gasteiger partial charge on any atom is -0.267 e. The zero-order chi connectivity index (χ0) is 24.0. The molecule has 3 aromatic carbocycles. The van der Waals surface area contributed by atoms with Crippen LogP contribution in [0.25, 0.3) is 10.9 Å². The summed E-state index contributed by atoms with van der Waals surface area (Å²) in [6, 6.07) is 19.8. The van der Waals surface area contributed by atoms with E-state index < -0.39 is 21.5 Å². The number of sulfonamides is 1. The molecule has 0 saturated carbocycles. The Morgan fingerprint density at radius 3 is 2.59 bits per heavy atom. The molecule has 4 aromatic rings. The molecule has 172 valence electrons. The number of hydrogen-bond donors (Lipinski definition) is 1. The zero-order valence-electron chi connectivity index (χ0n) is 18.6. The number of benzene rings is 3. The van der Waals surface area contributed by atoms with E-state index in [1.807, 2.05) is 19.1 Å². The van der Waals surface area contributed by atoms with E-state index in [-0.39, 0.29) is 16.5 Å². The van der Waals surface area contributed by atoms with Crippen molar-refractivity contribution in [2.75, 3.05) is 9.73 Å². The van der Waals surface area contributed by atoms with Crippen LogP contribution in [-0.4, -0.2) is 30.0 Å². The summed E-state index contributed by atoms with van der Waals surface area (Å²) < 4.78 is 29.5. The number of nitrogens with zero attached hydrogens (tertiary/aromatic N) is 3. The van der Waals surface area contributed by atoms with Crippen LogP contribution >= 0.6 is 0 Å². The molecule has 0 radical (unpaired) electrons. The summed E-state index contributed by atoms with van der Waals surface area (Å²) in [7, 11) is -3.90. The van der Waals surface area contributed by atoms with Crippen LogP contribution in [0.15, 0.2) is 82.5 Å². The second-order valence-electron chi connectivity index (χ2n) is 8.27. The van der Waals surface area contributed by atoms with Gasteiger partial charge < -0.3 is 0 Å². The van der Waals surface area contributed by atoms with Gasteiger partial charge in [-0.15, -0.1) is 0 Å². The fraction of sp³-hybridized carbons (Fsp3) is 0.160. The average Bonchev–Trinajstić information content (AvgIpc) is 3.18. The topological polar surface area (TPSA) is 101 Å². The van der Waals surface area contributed by atoms with Crippen molar-refractivity contribution in [3.05, 3.63) is 100 Å². The molecule has 2 heterocycles. The maximum Gasteiger partial charge on any atom is 0.280 e. The van der Waals surface area contributed by atoms with Crippen LogP contribution in [0.1, 0.15) is 28.7 Å². The lowest BCUT2D eigenvalue weighted by atomic mass is 10.1. The molecule has 1 N–H and O–H groups in total. The minimum atomic E-state index is -3.90. The number of carbonyl (C=O) groups excluding carboxylic acids is 1. The molecule has 0 unspecified atom stereocenters. The summed E-state index contributed by atoms with van der Waals surface area (Å²) in [6.07, 6.45) is 0.618. The van der Waals surface area contributed by atoms with Gasteiger partial charge in [-0.25, -0.2) is 18.1 Å². The summed E-state index contributed by atoms with van der Waals surface area (Å²) in [5.41, 5.74) is 4.39. The Kier molecular flexibility index (Phi) is 5.21. The SMILES string of the molecule is Cc1nc2ccccc2c(=O)n1NC(=O)c1cccc(S(=O)(=O)N2c3ccccc3C[C@H]2C)c1. The van der Waals surface area contributed by atoms with Crippen LogP contribution in [-0.2, 0) is 16.4 Å². The lowest BCUT2D eigenvalue weighted by molar-refractivity contribution is 0.101. The Morgan fingerprint density at radius 2 is 1.76 bits per heavy atom. The third-order valence-electron chi connectivity index (χ3n) is 5.95. The van der Waals surface area contributed by atoms with Gasteiger partial charge >= 0.3 is 0 Å². The van der Waals surface area contributed by atoms with Crippen molar-refractivity contribution in [2.45, 2.75) is 31.2 Å². The third-order valence-corrected chi connectivity index (χ3v) is 7.88. The van der Waals surface area contributed by atoms with Gasteiger partial charge in [-0.05, 0) is 62.2 Å². The first kappa shape index (κ1) is 21.8. The molecule has 0 spiro atoms. The summed E-state index contributed by atoms with van der Waals surface area (Å²) in [4.78, 5) is 30.3. The first-order valence-corrected chi connectivity index (χ1v) is 12.2. The molecule has 1 aromatic heterocycles. The molecule has 1 atom stereocenters. The molecule has 1 amide bonds. The number of hydrogen-bond acceptors (Lipinski definition) is 5. The van der Waals surface area contributed by atoms with Crippen LogP contribution in [0.5, 0.6) is 0 Å². The van der Waals surface area contributed by atoms with E-state index >= 15 is 0 Å². The van der Waals surface area contributed by atoms with E-state index in [0.717, 1.165) is 10.2 Å². The summed E-state index contributed by atoms with van der Waals surface area (Å²) in [6.45, 7) is 3.47. The van der Waals surface area contributed by atoms with Gasteiger partial charge in [0.05, 0.1) is 21.5 Å². The summed E-state index contributed by atoms with van der Waals surface area (Å²) >= 11 is 0. The van der Waals surface area contributed by atoms with Gasteiger partial charge in [-0.2, -0.15) is 0 Å². The normalized spacial score (nSPS) is 15.4. The van der Waals surface area contributed by atoms with Gasteiger partial charge in [0.2, 0.25) is 0 Å². The number of nitrogens with one attached hydrogen (secondary N) is 1. The van der Waals surface area contributed by atoms with Crippen molar-refractivity contribution in [1.82, 2.24) is 9.66 Å². The Bertz CT molecular complexity index is 1610. The lowest BCUT2D eigenvalue weighted by Gasteiger charge is -2.24. The van der Waals surface area contributed by atoms with Gasteiger partial charge in [-0.3, -0.25) is 19.3 Å².